The highest BCUT2D eigenvalue weighted by molar-refractivity contribution is 5.85. The second-order valence-corrected chi connectivity index (χ2v) is 7.22. The maximum Gasteiger partial charge on any atom is 0.220 e. The number of hydrogen-bond acceptors (Lipinski definition) is 2. The standard InChI is InChI=1S/C21H28N4O/c1-14(2)25-13-17(18-8-6-7-9-20(18)25)10-11-21(26)22-12-19-15(3)23-24(5)16(19)4/h6-9,13-14H,10-12H2,1-5H3,(H,22,26). The van der Waals surface area contributed by atoms with Gasteiger partial charge in [-0.3, -0.25) is 9.48 Å². The Morgan fingerprint density at radius 2 is 1.96 bits per heavy atom. The van der Waals surface area contributed by atoms with Gasteiger partial charge in [0.1, 0.15) is 0 Å². The number of nitrogens with zero attached hydrogens (tertiary/aromatic N) is 3. The first-order valence-corrected chi connectivity index (χ1v) is 9.22. The third-order valence-electron chi connectivity index (χ3n) is 5.12. The Kier molecular flexibility index (Phi) is 5.16. The van der Waals surface area contributed by atoms with E-state index in [0.717, 1.165) is 23.4 Å². The van der Waals surface area contributed by atoms with Crippen molar-refractivity contribution in [3.63, 3.8) is 0 Å². The molecule has 5 heteroatoms. The molecule has 2 aromatic heterocycles. The molecule has 0 aliphatic heterocycles. The molecule has 0 bridgehead atoms. The zero-order valence-corrected chi connectivity index (χ0v) is 16.3. The molecule has 0 saturated carbocycles. The van der Waals surface area contributed by atoms with Crippen molar-refractivity contribution in [2.24, 2.45) is 7.05 Å². The predicted molar refractivity (Wildman–Crippen MR) is 105 cm³/mol. The van der Waals surface area contributed by atoms with E-state index in [9.17, 15) is 4.79 Å². The molecule has 0 unspecified atom stereocenters. The number of fused-ring (bicyclic) bond motifs is 1. The van der Waals surface area contributed by atoms with Crippen LogP contribution in [-0.2, 0) is 24.8 Å². The van der Waals surface area contributed by atoms with Gasteiger partial charge in [0.15, 0.2) is 0 Å². The Balaban J connectivity index is 1.66. The molecule has 0 aliphatic rings. The summed E-state index contributed by atoms with van der Waals surface area (Å²) in [5.41, 5.74) is 5.66. The van der Waals surface area contributed by atoms with E-state index in [0.29, 0.717) is 19.0 Å². The van der Waals surface area contributed by atoms with Gasteiger partial charge in [-0.2, -0.15) is 5.10 Å². The highest BCUT2D eigenvalue weighted by Gasteiger charge is 2.13. The lowest BCUT2D eigenvalue weighted by Gasteiger charge is -2.08. The zero-order chi connectivity index (χ0) is 18.8. The van der Waals surface area contributed by atoms with Crippen LogP contribution in [0.3, 0.4) is 0 Å². The van der Waals surface area contributed by atoms with E-state index in [-0.39, 0.29) is 5.91 Å². The fraction of sp³-hybridized carbons (Fsp3) is 0.429. The fourth-order valence-electron chi connectivity index (χ4n) is 3.50. The summed E-state index contributed by atoms with van der Waals surface area (Å²) < 4.78 is 4.14. The molecule has 3 rings (SSSR count). The quantitative estimate of drug-likeness (QED) is 0.733. The molecule has 1 aromatic carbocycles. The van der Waals surface area contributed by atoms with Crippen LogP contribution in [0.4, 0.5) is 0 Å². The smallest absolute Gasteiger partial charge is 0.220 e. The number of carbonyl (C=O) groups excluding carboxylic acids is 1. The maximum atomic E-state index is 12.4. The van der Waals surface area contributed by atoms with Gasteiger partial charge in [0.2, 0.25) is 5.91 Å². The first-order valence-electron chi connectivity index (χ1n) is 9.22. The number of para-hydroxylation sites is 1. The Labute approximate surface area is 155 Å². The molecule has 26 heavy (non-hydrogen) atoms. The van der Waals surface area contributed by atoms with Crippen LogP contribution in [0.2, 0.25) is 0 Å². The molecule has 0 spiro atoms. The minimum Gasteiger partial charge on any atom is -0.352 e. The summed E-state index contributed by atoms with van der Waals surface area (Å²) in [5, 5.41) is 8.68. The molecular weight excluding hydrogens is 324 g/mol. The maximum absolute atomic E-state index is 12.4. The van der Waals surface area contributed by atoms with E-state index in [4.69, 9.17) is 0 Å². The molecule has 0 aliphatic carbocycles. The summed E-state index contributed by atoms with van der Waals surface area (Å²) in [7, 11) is 1.93. The van der Waals surface area contributed by atoms with E-state index in [1.54, 1.807) is 0 Å². The van der Waals surface area contributed by atoms with E-state index >= 15 is 0 Å². The van der Waals surface area contributed by atoms with Crippen LogP contribution in [-0.4, -0.2) is 20.3 Å². The number of aryl methyl sites for hydroxylation is 3. The van der Waals surface area contributed by atoms with Gasteiger partial charge in [0.05, 0.1) is 5.69 Å². The number of benzene rings is 1. The molecular formula is C21H28N4O. The molecule has 3 aromatic rings. The van der Waals surface area contributed by atoms with Gasteiger partial charge >= 0.3 is 0 Å². The van der Waals surface area contributed by atoms with Gasteiger partial charge in [-0.1, -0.05) is 18.2 Å². The van der Waals surface area contributed by atoms with Crippen molar-refractivity contribution in [1.82, 2.24) is 19.7 Å². The number of hydrogen-bond donors (Lipinski definition) is 1. The first kappa shape index (κ1) is 18.2. The number of carbonyl (C=O) groups is 1. The first-order chi connectivity index (χ1) is 12.4. The van der Waals surface area contributed by atoms with Gasteiger partial charge < -0.3 is 9.88 Å². The summed E-state index contributed by atoms with van der Waals surface area (Å²) in [6.07, 6.45) is 3.43. The molecule has 0 saturated heterocycles. The van der Waals surface area contributed by atoms with Crippen molar-refractivity contribution in [1.29, 1.82) is 0 Å². The second-order valence-electron chi connectivity index (χ2n) is 7.22. The number of rotatable bonds is 6. The van der Waals surface area contributed by atoms with Crippen LogP contribution in [0.5, 0.6) is 0 Å². The van der Waals surface area contributed by atoms with Crippen molar-refractivity contribution in [3.05, 3.63) is 53.0 Å². The summed E-state index contributed by atoms with van der Waals surface area (Å²) in [4.78, 5) is 12.4. The Bertz CT molecular complexity index is 933. The third-order valence-corrected chi connectivity index (χ3v) is 5.12. The van der Waals surface area contributed by atoms with Crippen molar-refractivity contribution < 1.29 is 4.79 Å². The normalized spacial score (nSPS) is 11.5. The summed E-state index contributed by atoms with van der Waals surface area (Å²) in [6.45, 7) is 8.92. The minimum atomic E-state index is 0.0778. The minimum absolute atomic E-state index is 0.0778. The largest absolute Gasteiger partial charge is 0.352 e. The molecule has 0 fully saturated rings. The SMILES string of the molecule is Cc1nn(C)c(C)c1CNC(=O)CCc1cn(C(C)C)c2ccccc12. The fourth-order valence-corrected chi connectivity index (χ4v) is 3.50. The summed E-state index contributed by atoms with van der Waals surface area (Å²) in [6, 6.07) is 8.82. The predicted octanol–water partition coefficient (Wildman–Crippen LogP) is 3.82. The average Bonchev–Trinajstić information content (AvgIpc) is 3.09. The van der Waals surface area contributed by atoms with E-state index in [2.05, 4.69) is 59.3 Å². The van der Waals surface area contributed by atoms with Crippen LogP contribution < -0.4 is 5.32 Å². The van der Waals surface area contributed by atoms with Crippen molar-refractivity contribution in [2.45, 2.75) is 53.1 Å². The lowest BCUT2D eigenvalue weighted by Crippen LogP contribution is -2.23. The monoisotopic (exact) mass is 352 g/mol. The van der Waals surface area contributed by atoms with Gasteiger partial charge in [-0.05, 0) is 45.7 Å². The second kappa shape index (κ2) is 7.36. The van der Waals surface area contributed by atoms with E-state index in [1.165, 1.54) is 16.5 Å². The molecule has 1 N–H and O–H groups in total. The van der Waals surface area contributed by atoms with Crippen molar-refractivity contribution in [3.8, 4) is 0 Å². The lowest BCUT2D eigenvalue weighted by molar-refractivity contribution is -0.121. The van der Waals surface area contributed by atoms with Crippen LogP contribution in [0, 0.1) is 13.8 Å². The highest BCUT2D eigenvalue weighted by atomic mass is 16.1. The number of amides is 1. The van der Waals surface area contributed by atoms with Gasteiger partial charge in [0, 0.05) is 54.4 Å². The zero-order valence-electron chi connectivity index (χ0n) is 16.3. The Morgan fingerprint density at radius 1 is 1.23 bits per heavy atom. The van der Waals surface area contributed by atoms with Crippen molar-refractivity contribution >= 4 is 16.8 Å². The molecule has 0 atom stereocenters. The Morgan fingerprint density at radius 3 is 2.62 bits per heavy atom. The molecule has 2 heterocycles. The van der Waals surface area contributed by atoms with E-state index < -0.39 is 0 Å². The van der Waals surface area contributed by atoms with Gasteiger partial charge in [-0.25, -0.2) is 0 Å². The van der Waals surface area contributed by atoms with Crippen LogP contribution in [0.15, 0.2) is 30.5 Å². The molecule has 0 radical (unpaired) electrons. The summed E-state index contributed by atoms with van der Waals surface area (Å²) in [5.74, 6) is 0.0778. The topological polar surface area (TPSA) is 51.9 Å². The highest BCUT2D eigenvalue weighted by Crippen LogP contribution is 2.25. The average molecular weight is 352 g/mol. The molecule has 1 amide bonds. The van der Waals surface area contributed by atoms with Gasteiger partial charge in [-0.15, -0.1) is 0 Å². The number of aromatic nitrogens is 3. The molecule has 5 nitrogen and oxygen atoms in total. The van der Waals surface area contributed by atoms with Crippen LogP contribution >= 0.6 is 0 Å². The summed E-state index contributed by atoms with van der Waals surface area (Å²) >= 11 is 0. The van der Waals surface area contributed by atoms with Crippen LogP contribution in [0.25, 0.3) is 10.9 Å². The lowest BCUT2D eigenvalue weighted by atomic mass is 10.1. The number of nitrogens with one attached hydrogen (secondary N) is 1. The molecule has 138 valence electrons. The van der Waals surface area contributed by atoms with E-state index in [1.807, 2.05) is 25.6 Å². The van der Waals surface area contributed by atoms with Crippen LogP contribution in [0.1, 0.15) is 48.8 Å². The third kappa shape index (κ3) is 3.52. The van der Waals surface area contributed by atoms with Crippen molar-refractivity contribution in [2.75, 3.05) is 0 Å². The van der Waals surface area contributed by atoms with Gasteiger partial charge in [0.25, 0.3) is 0 Å². The Hall–Kier alpha value is -2.56.